The van der Waals surface area contributed by atoms with Crippen LogP contribution in [0.1, 0.15) is 88.0 Å². The average molecular weight is 908 g/mol. The van der Waals surface area contributed by atoms with Crippen molar-refractivity contribution in [1.82, 2.24) is 4.90 Å². The van der Waals surface area contributed by atoms with Gasteiger partial charge in [0.1, 0.15) is 18.3 Å². The lowest BCUT2D eigenvalue weighted by atomic mass is 9.79. The Bertz CT molecular complexity index is 1600. The van der Waals surface area contributed by atoms with Gasteiger partial charge in [-0.2, -0.15) is 0 Å². The van der Waals surface area contributed by atoms with Gasteiger partial charge in [-0.3, -0.25) is 24.1 Å². The summed E-state index contributed by atoms with van der Waals surface area (Å²) in [5, 5.41) is 0. The van der Waals surface area contributed by atoms with Gasteiger partial charge in [0, 0.05) is 58.3 Å². The van der Waals surface area contributed by atoms with E-state index in [1.54, 1.807) is 47.4 Å². The molecule has 0 aromatic carbocycles. The summed E-state index contributed by atoms with van der Waals surface area (Å²) in [6, 6.07) is -0.647. The standard InChI is InChI=1S/C48H77NO15/c1-14-38-36(26-58-47-46(55-13)43(54-12)29(4)31(6)59-47)23-27(2)17-18-37(52)28(3)24-35-19-22-56-20-15-16-21-57-39(25-40(53)63-38)30(5)42(35)64-48-45(62-34(9)51)41(49(10)11)44(32(7)60-48)61-33(8)50/h15-18,23,28-32,35-36,38-39,41-48H,14,19-22,24-26H2,1-13H3/b16-15+,18-17+,27-23+/t28-,29-,30+,31?,32?,35+,36-,38-,39-,41?,42-,43+,44-,45?,46?,47-,48+/m1/s1. The lowest BCUT2D eigenvalue weighted by Crippen LogP contribution is -2.65. The first-order chi connectivity index (χ1) is 30.4. The number of fused-ring (bicyclic) bond motifs is 3. The lowest BCUT2D eigenvalue weighted by molar-refractivity contribution is -0.308. The summed E-state index contributed by atoms with van der Waals surface area (Å²) in [6.45, 7) is 17.1. The monoisotopic (exact) mass is 908 g/mol. The smallest absolute Gasteiger partial charge is 0.308 e. The number of hydrogen-bond acceptors (Lipinski definition) is 16. The number of esters is 3. The number of allylic oxidation sites excluding steroid dienone is 3. The Balaban J connectivity index is 1.76. The second-order valence-electron chi connectivity index (χ2n) is 18.1. The highest BCUT2D eigenvalue weighted by atomic mass is 16.7. The highest BCUT2D eigenvalue weighted by Crippen LogP contribution is 2.37. The van der Waals surface area contributed by atoms with Crippen molar-refractivity contribution >= 4 is 23.7 Å². The van der Waals surface area contributed by atoms with Crippen molar-refractivity contribution in [2.45, 2.75) is 162 Å². The number of hydrogen-bond donors (Lipinski definition) is 0. The van der Waals surface area contributed by atoms with Gasteiger partial charge in [0.15, 0.2) is 24.5 Å². The molecule has 2 saturated heterocycles. The van der Waals surface area contributed by atoms with Crippen molar-refractivity contribution in [1.29, 1.82) is 0 Å². The van der Waals surface area contributed by atoms with Crippen LogP contribution in [0.2, 0.25) is 0 Å². The van der Waals surface area contributed by atoms with Gasteiger partial charge in [-0.05, 0) is 66.1 Å². The van der Waals surface area contributed by atoms with Crippen molar-refractivity contribution in [3.05, 3.63) is 36.0 Å². The zero-order valence-corrected chi connectivity index (χ0v) is 40.4. The average Bonchev–Trinajstić information content (AvgIpc) is 3.23. The SMILES string of the molecule is CC[C@H]1OC(=O)C[C@H]2OC/C=C/COCC[C@@H](C[C@@H](C)C(=O)/C=C/C(C)=C/[C@@H]1CO[C@@H]1OC(C)[C@@H](C)[C@H](OC)C1OC)[C@H](O[C@@H]1OC(C)[C@@H](OC(C)=O)C(N(C)C)C1OC(C)=O)[C@H]2C. The normalized spacial score (nSPS) is 40.5. The molecule has 364 valence electrons. The Hall–Kier alpha value is -3.06. The van der Waals surface area contributed by atoms with E-state index in [2.05, 4.69) is 6.92 Å². The minimum Gasteiger partial charge on any atom is -0.462 e. The topological polar surface area (TPSA) is 173 Å². The van der Waals surface area contributed by atoms with Crippen LogP contribution in [0.5, 0.6) is 0 Å². The molecule has 0 amide bonds. The van der Waals surface area contributed by atoms with Gasteiger partial charge in [-0.25, -0.2) is 0 Å². The van der Waals surface area contributed by atoms with Gasteiger partial charge in [-0.1, -0.05) is 57.6 Å². The molecule has 4 rings (SSSR count). The fourth-order valence-corrected chi connectivity index (χ4v) is 9.44. The minimum absolute atomic E-state index is 0.0576. The molecular formula is C48H77NO15. The number of nitrogens with zero attached hydrogens (tertiary/aromatic N) is 1. The van der Waals surface area contributed by atoms with E-state index < -0.39 is 97.0 Å². The highest BCUT2D eigenvalue weighted by molar-refractivity contribution is 5.91. The van der Waals surface area contributed by atoms with Crippen LogP contribution in [0.25, 0.3) is 0 Å². The molecule has 0 aromatic rings. The predicted octanol–water partition coefficient (Wildman–Crippen LogP) is 5.39. The molecule has 2 bridgehead atoms. The van der Waals surface area contributed by atoms with Crippen molar-refractivity contribution in [2.24, 2.45) is 29.6 Å². The molecule has 16 heteroatoms. The second kappa shape index (κ2) is 25.7. The molecule has 0 spiro atoms. The van der Waals surface area contributed by atoms with Gasteiger partial charge in [0.05, 0.1) is 62.8 Å². The number of ketones is 1. The molecule has 0 radical (unpaired) electrons. The zero-order chi connectivity index (χ0) is 47.2. The van der Waals surface area contributed by atoms with Crippen LogP contribution in [0, 0.1) is 29.6 Å². The number of cyclic esters (lactones) is 1. The molecule has 0 aliphatic carbocycles. The first-order valence-corrected chi connectivity index (χ1v) is 23.0. The predicted molar refractivity (Wildman–Crippen MR) is 236 cm³/mol. The van der Waals surface area contributed by atoms with Crippen molar-refractivity contribution < 1.29 is 71.3 Å². The maximum atomic E-state index is 14.3. The molecule has 17 atom stereocenters. The first kappa shape index (κ1) is 53.6. The largest absolute Gasteiger partial charge is 0.462 e. The zero-order valence-electron chi connectivity index (χ0n) is 40.4. The summed E-state index contributed by atoms with van der Waals surface area (Å²) in [4.78, 5) is 55.2. The van der Waals surface area contributed by atoms with Gasteiger partial charge < -0.3 is 52.1 Å². The number of ether oxygens (including phenoxy) is 11. The lowest BCUT2D eigenvalue weighted by Gasteiger charge is -2.48. The molecule has 4 heterocycles. The third-order valence-electron chi connectivity index (χ3n) is 13.1. The molecule has 5 unspecified atom stereocenters. The van der Waals surface area contributed by atoms with E-state index in [-0.39, 0.29) is 49.5 Å². The summed E-state index contributed by atoms with van der Waals surface area (Å²) in [6.07, 6.45) is 2.92. The van der Waals surface area contributed by atoms with Crippen LogP contribution < -0.4 is 0 Å². The number of carbonyl (C=O) groups is 4. The van der Waals surface area contributed by atoms with E-state index in [0.29, 0.717) is 32.5 Å². The van der Waals surface area contributed by atoms with E-state index in [1.807, 2.05) is 57.7 Å². The van der Waals surface area contributed by atoms with E-state index >= 15 is 0 Å². The molecule has 0 saturated carbocycles. The Morgan fingerprint density at radius 1 is 0.812 bits per heavy atom. The van der Waals surface area contributed by atoms with E-state index in [9.17, 15) is 19.2 Å². The molecule has 0 N–H and O–H groups in total. The second-order valence-corrected chi connectivity index (χ2v) is 18.1. The fraction of sp³-hybridized carbons (Fsp3) is 0.792. The Morgan fingerprint density at radius 2 is 1.47 bits per heavy atom. The van der Waals surface area contributed by atoms with Crippen molar-refractivity contribution in [2.75, 3.05) is 54.7 Å². The minimum atomic E-state index is -1.14. The maximum Gasteiger partial charge on any atom is 0.308 e. The third kappa shape index (κ3) is 14.7. The number of likely N-dealkylation sites (N-methyl/N-ethyl adjacent to an activating group) is 1. The summed E-state index contributed by atoms with van der Waals surface area (Å²) in [5.74, 6) is -3.29. The summed E-state index contributed by atoms with van der Waals surface area (Å²) in [7, 11) is 6.86. The quantitative estimate of drug-likeness (QED) is 0.147. The summed E-state index contributed by atoms with van der Waals surface area (Å²) in [5.41, 5.74) is 0.790. The van der Waals surface area contributed by atoms with Gasteiger partial charge in [-0.15, -0.1) is 0 Å². The number of methoxy groups -OCH3 is 2. The Labute approximate surface area is 380 Å². The van der Waals surface area contributed by atoms with Crippen LogP contribution in [0.4, 0.5) is 0 Å². The molecule has 4 aliphatic rings. The summed E-state index contributed by atoms with van der Waals surface area (Å²) >= 11 is 0. The van der Waals surface area contributed by atoms with E-state index in [1.165, 1.54) is 13.8 Å². The fourth-order valence-electron chi connectivity index (χ4n) is 9.44. The Morgan fingerprint density at radius 3 is 2.11 bits per heavy atom. The van der Waals surface area contributed by atoms with Crippen LogP contribution in [0.15, 0.2) is 36.0 Å². The van der Waals surface area contributed by atoms with Crippen LogP contribution in [-0.2, 0) is 71.3 Å². The van der Waals surface area contributed by atoms with E-state index in [4.69, 9.17) is 52.1 Å². The van der Waals surface area contributed by atoms with Crippen LogP contribution in [0.3, 0.4) is 0 Å². The maximum absolute atomic E-state index is 14.3. The number of carbonyl (C=O) groups excluding carboxylic acids is 4. The molecule has 0 aromatic heterocycles. The van der Waals surface area contributed by atoms with Gasteiger partial charge >= 0.3 is 17.9 Å². The third-order valence-corrected chi connectivity index (χ3v) is 13.1. The first-order valence-electron chi connectivity index (χ1n) is 23.0. The van der Waals surface area contributed by atoms with Crippen LogP contribution >= 0.6 is 0 Å². The van der Waals surface area contributed by atoms with Crippen molar-refractivity contribution in [3.8, 4) is 0 Å². The number of rotatable bonds is 11. The molecule has 64 heavy (non-hydrogen) atoms. The molecule has 4 aliphatic heterocycles. The van der Waals surface area contributed by atoms with Crippen molar-refractivity contribution in [3.63, 3.8) is 0 Å². The molecule has 2 fully saturated rings. The highest BCUT2D eigenvalue weighted by Gasteiger charge is 2.52. The van der Waals surface area contributed by atoms with E-state index in [0.717, 1.165) is 5.57 Å². The van der Waals surface area contributed by atoms with Gasteiger partial charge in [0.2, 0.25) is 0 Å². The summed E-state index contributed by atoms with van der Waals surface area (Å²) < 4.78 is 68.6. The molecular weight excluding hydrogens is 831 g/mol. The van der Waals surface area contributed by atoms with Gasteiger partial charge in [0.25, 0.3) is 0 Å². The Kier molecular flexibility index (Phi) is 21.5. The van der Waals surface area contributed by atoms with Crippen LogP contribution in [-0.4, -0.2) is 157 Å². The molecule has 16 nitrogen and oxygen atoms in total.